The van der Waals surface area contributed by atoms with E-state index in [0.29, 0.717) is 11.4 Å². The molecular formula is C9H9N3O3. The molecule has 2 heterocycles. The van der Waals surface area contributed by atoms with E-state index in [9.17, 15) is 4.79 Å². The normalized spacial score (nSPS) is 10.5. The Morgan fingerprint density at radius 2 is 2.40 bits per heavy atom. The van der Waals surface area contributed by atoms with Crippen molar-refractivity contribution in [2.45, 2.75) is 13.5 Å². The van der Waals surface area contributed by atoms with Gasteiger partial charge in [0.25, 0.3) is 0 Å². The van der Waals surface area contributed by atoms with Crippen molar-refractivity contribution in [3.05, 3.63) is 24.1 Å². The smallest absolute Gasteiger partial charge is 0.374 e. The van der Waals surface area contributed by atoms with Crippen LogP contribution in [-0.2, 0) is 6.54 Å². The van der Waals surface area contributed by atoms with Gasteiger partial charge < -0.3 is 9.63 Å². The van der Waals surface area contributed by atoms with Gasteiger partial charge in [0, 0.05) is 18.8 Å². The fourth-order valence-corrected chi connectivity index (χ4v) is 1.17. The molecule has 6 nitrogen and oxygen atoms in total. The first kappa shape index (κ1) is 9.45. The molecule has 0 unspecified atom stereocenters. The van der Waals surface area contributed by atoms with E-state index in [2.05, 4.69) is 14.8 Å². The molecule has 0 aromatic carbocycles. The Labute approximate surface area is 85.1 Å². The summed E-state index contributed by atoms with van der Waals surface area (Å²) in [6.45, 7) is 2.71. The average Bonchev–Trinajstić information content (AvgIpc) is 2.86. The number of aromatic nitrogens is 3. The molecule has 0 spiro atoms. The van der Waals surface area contributed by atoms with Crippen LogP contribution in [0.15, 0.2) is 22.9 Å². The molecule has 0 bridgehead atoms. The molecule has 2 aromatic rings. The summed E-state index contributed by atoms with van der Waals surface area (Å²) in [4.78, 5) is 10.5. The Hall–Kier alpha value is -2.11. The predicted molar refractivity (Wildman–Crippen MR) is 50.4 cm³/mol. The largest absolute Gasteiger partial charge is 0.475 e. The summed E-state index contributed by atoms with van der Waals surface area (Å²) in [7, 11) is 0. The van der Waals surface area contributed by atoms with Crippen molar-refractivity contribution in [2.24, 2.45) is 0 Å². The highest BCUT2D eigenvalue weighted by Gasteiger charge is 2.13. The van der Waals surface area contributed by atoms with Crippen molar-refractivity contribution < 1.29 is 14.4 Å². The quantitative estimate of drug-likeness (QED) is 0.819. The molecule has 0 aliphatic rings. The van der Waals surface area contributed by atoms with Gasteiger partial charge in [0.1, 0.15) is 11.4 Å². The first-order valence-corrected chi connectivity index (χ1v) is 4.44. The van der Waals surface area contributed by atoms with E-state index in [1.54, 1.807) is 16.9 Å². The van der Waals surface area contributed by atoms with Crippen LogP contribution in [0.4, 0.5) is 0 Å². The molecule has 0 fully saturated rings. The summed E-state index contributed by atoms with van der Waals surface area (Å²) in [5.41, 5.74) is 1.03. The first-order chi connectivity index (χ1) is 7.20. The van der Waals surface area contributed by atoms with Crippen molar-refractivity contribution in [2.75, 3.05) is 0 Å². The van der Waals surface area contributed by atoms with Crippen molar-refractivity contribution in [1.82, 2.24) is 14.9 Å². The highest BCUT2D eigenvalue weighted by molar-refractivity contribution is 5.85. The molecule has 0 amide bonds. The number of carboxylic acid groups (broad SMARTS) is 1. The Morgan fingerprint density at radius 3 is 2.93 bits per heavy atom. The summed E-state index contributed by atoms with van der Waals surface area (Å²) >= 11 is 0. The fraction of sp³-hybridized carbons (Fsp3) is 0.222. The zero-order valence-corrected chi connectivity index (χ0v) is 8.04. The van der Waals surface area contributed by atoms with E-state index in [-0.39, 0.29) is 5.76 Å². The molecule has 78 valence electrons. The van der Waals surface area contributed by atoms with Crippen molar-refractivity contribution in [1.29, 1.82) is 0 Å². The van der Waals surface area contributed by atoms with Gasteiger partial charge in [0.15, 0.2) is 0 Å². The lowest BCUT2D eigenvalue weighted by molar-refractivity contribution is 0.0652. The van der Waals surface area contributed by atoms with E-state index in [0.717, 1.165) is 6.54 Å². The Morgan fingerprint density at radius 1 is 1.60 bits per heavy atom. The molecule has 0 atom stereocenters. The lowest BCUT2D eigenvalue weighted by atomic mass is 10.3. The van der Waals surface area contributed by atoms with Gasteiger partial charge in [-0.3, -0.25) is 4.68 Å². The zero-order chi connectivity index (χ0) is 10.8. The number of carboxylic acids is 1. The minimum absolute atomic E-state index is 0.184. The predicted octanol–water partition coefficient (Wildman–Crippen LogP) is 1.26. The van der Waals surface area contributed by atoms with Gasteiger partial charge in [-0.1, -0.05) is 5.16 Å². The lowest BCUT2D eigenvalue weighted by Crippen LogP contribution is -1.94. The maximum Gasteiger partial charge on any atom is 0.374 e. The topological polar surface area (TPSA) is 81.2 Å². The Balaban J connectivity index is 2.32. The second kappa shape index (κ2) is 3.56. The third-order valence-electron chi connectivity index (χ3n) is 1.95. The fourth-order valence-electron chi connectivity index (χ4n) is 1.17. The average molecular weight is 207 g/mol. The molecule has 0 radical (unpaired) electrons. The van der Waals surface area contributed by atoms with Crippen LogP contribution < -0.4 is 0 Å². The monoisotopic (exact) mass is 207 g/mol. The number of aromatic carboxylic acids is 1. The van der Waals surface area contributed by atoms with E-state index in [1.807, 2.05) is 6.92 Å². The van der Waals surface area contributed by atoms with Crippen LogP contribution in [-0.4, -0.2) is 26.0 Å². The SMILES string of the molecule is CCn1ccc(-c2cc(C(=O)O)on2)n1. The molecular weight excluding hydrogens is 198 g/mol. The van der Waals surface area contributed by atoms with Crippen LogP contribution in [0.5, 0.6) is 0 Å². The maximum absolute atomic E-state index is 10.5. The molecule has 6 heteroatoms. The van der Waals surface area contributed by atoms with E-state index < -0.39 is 5.97 Å². The lowest BCUT2D eigenvalue weighted by Gasteiger charge is -1.90. The highest BCUT2D eigenvalue weighted by Crippen LogP contribution is 2.16. The number of aryl methyl sites for hydroxylation is 1. The highest BCUT2D eigenvalue weighted by atomic mass is 16.5. The molecule has 0 saturated carbocycles. The molecule has 0 aliphatic heterocycles. The van der Waals surface area contributed by atoms with Gasteiger partial charge in [0.05, 0.1) is 0 Å². The molecule has 0 saturated heterocycles. The molecule has 15 heavy (non-hydrogen) atoms. The molecule has 2 rings (SSSR count). The minimum Gasteiger partial charge on any atom is -0.475 e. The van der Waals surface area contributed by atoms with Crippen molar-refractivity contribution in [3.63, 3.8) is 0 Å². The molecule has 0 aliphatic carbocycles. The standard InChI is InChI=1S/C9H9N3O3/c1-2-12-4-3-6(10-12)7-5-8(9(13)14)15-11-7/h3-5H,2H2,1H3,(H,13,14). The van der Waals surface area contributed by atoms with Crippen LogP contribution in [0.2, 0.25) is 0 Å². The van der Waals surface area contributed by atoms with E-state index in [1.165, 1.54) is 6.07 Å². The third-order valence-corrected chi connectivity index (χ3v) is 1.95. The second-order valence-electron chi connectivity index (χ2n) is 2.94. The van der Waals surface area contributed by atoms with Gasteiger partial charge in [-0.2, -0.15) is 5.10 Å². The second-order valence-corrected chi connectivity index (χ2v) is 2.94. The summed E-state index contributed by atoms with van der Waals surface area (Å²) in [6.07, 6.45) is 1.80. The van der Waals surface area contributed by atoms with E-state index >= 15 is 0 Å². The van der Waals surface area contributed by atoms with Crippen LogP contribution in [0, 0.1) is 0 Å². The number of hydrogen-bond acceptors (Lipinski definition) is 4. The number of hydrogen-bond donors (Lipinski definition) is 1. The minimum atomic E-state index is -1.14. The van der Waals surface area contributed by atoms with Crippen LogP contribution in [0.1, 0.15) is 17.5 Å². The molecule has 1 N–H and O–H groups in total. The number of rotatable bonds is 3. The number of carbonyl (C=O) groups is 1. The Bertz CT molecular complexity index is 486. The first-order valence-electron chi connectivity index (χ1n) is 4.44. The van der Waals surface area contributed by atoms with Crippen molar-refractivity contribution >= 4 is 5.97 Å². The summed E-state index contributed by atoms with van der Waals surface area (Å²) in [6, 6.07) is 3.11. The van der Waals surface area contributed by atoms with Crippen LogP contribution in [0.25, 0.3) is 11.4 Å². The summed E-state index contributed by atoms with van der Waals surface area (Å²) < 4.78 is 6.35. The Kier molecular flexibility index (Phi) is 2.24. The van der Waals surface area contributed by atoms with Gasteiger partial charge >= 0.3 is 5.97 Å². The van der Waals surface area contributed by atoms with Gasteiger partial charge in [-0.05, 0) is 13.0 Å². The van der Waals surface area contributed by atoms with Crippen molar-refractivity contribution in [3.8, 4) is 11.4 Å². The van der Waals surface area contributed by atoms with Crippen LogP contribution in [0.3, 0.4) is 0 Å². The van der Waals surface area contributed by atoms with Gasteiger partial charge in [0.2, 0.25) is 5.76 Å². The zero-order valence-electron chi connectivity index (χ0n) is 8.04. The maximum atomic E-state index is 10.5. The summed E-state index contributed by atoms with van der Waals surface area (Å²) in [5, 5.41) is 16.4. The summed E-state index contributed by atoms with van der Waals surface area (Å²) in [5.74, 6) is -1.32. The van der Waals surface area contributed by atoms with Gasteiger partial charge in [-0.25, -0.2) is 4.79 Å². The third kappa shape index (κ3) is 1.74. The van der Waals surface area contributed by atoms with E-state index in [4.69, 9.17) is 5.11 Å². The molecule has 2 aromatic heterocycles. The number of nitrogens with zero attached hydrogens (tertiary/aromatic N) is 3. The van der Waals surface area contributed by atoms with Gasteiger partial charge in [-0.15, -0.1) is 0 Å². The van der Waals surface area contributed by atoms with Crippen LogP contribution >= 0.6 is 0 Å².